The zero-order valence-electron chi connectivity index (χ0n) is 10.8. The summed E-state index contributed by atoms with van der Waals surface area (Å²) in [6.45, 7) is 1.47. The number of halogens is 1. The minimum atomic E-state index is 0.651. The molecule has 0 unspecified atom stereocenters. The maximum atomic E-state index is 9.11. The molecule has 0 radical (unpaired) electrons. The van der Waals surface area contributed by atoms with Gasteiger partial charge in [-0.1, -0.05) is 28.1 Å². The van der Waals surface area contributed by atoms with Crippen LogP contribution in [0.15, 0.2) is 40.9 Å². The second kappa shape index (κ2) is 5.56. The molecule has 0 saturated carbocycles. The molecular weight excluding hydrogens is 316 g/mol. The molecule has 0 amide bonds. The first kappa shape index (κ1) is 13.0. The number of ether oxygens (including phenoxy) is 1. The van der Waals surface area contributed by atoms with Crippen LogP contribution < -0.4 is 10.1 Å². The summed E-state index contributed by atoms with van der Waals surface area (Å²) in [5.41, 5.74) is 3.95. The van der Waals surface area contributed by atoms with Crippen molar-refractivity contribution in [3.63, 3.8) is 0 Å². The monoisotopic (exact) mass is 328 g/mol. The lowest BCUT2D eigenvalue weighted by atomic mass is 10.1. The van der Waals surface area contributed by atoms with Crippen LogP contribution in [0.5, 0.6) is 5.75 Å². The lowest BCUT2D eigenvalue weighted by molar-refractivity contribution is 0.357. The van der Waals surface area contributed by atoms with Crippen LogP contribution in [0.2, 0.25) is 0 Å². The smallest absolute Gasteiger partial charge is 0.122 e. The molecule has 1 aliphatic rings. The molecule has 0 bridgehead atoms. The summed E-state index contributed by atoms with van der Waals surface area (Å²) in [6, 6.07) is 14.0. The van der Waals surface area contributed by atoms with E-state index in [2.05, 4.69) is 39.4 Å². The van der Waals surface area contributed by atoms with Crippen LogP contribution in [0.25, 0.3) is 0 Å². The van der Waals surface area contributed by atoms with Crippen molar-refractivity contribution in [3.8, 4) is 11.8 Å². The van der Waals surface area contributed by atoms with Crippen LogP contribution in [0.3, 0.4) is 0 Å². The molecule has 0 aromatic heterocycles. The van der Waals surface area contributed by atoms with Crippen molar-refractivity contribution < 1.29 is 4.74 Å². The fourth-order valence-electron chi connectivity index (χ4n) is 2.31. The molecule has 4 heteroatoms. The highest BCUT2D eigenvalue weighted by molar-refractivity contribution is 9.10. The zero-order valence-corrected chi connectivity index (χ0v) is 12.4. The molecule has 1 heterocycles. The Morgan fingerprint density at radius 2 is 2.15 bits per heavy atom. The second-order valence-electron chi connectivity index (χ2n) is 4.70. The summed E-state index contributed by atoms with van der Waals surface area (Å²) >= 11 is 3.43. The number of hydrogen-bond donors (Lipinski definition) is 1. The summed E-state index contributed by atoms with van der Waals surface area (Å²) in [4.78, 5) is 0. The number of anilines is 1. The Balaban J connectivity index is 1.77. The minimum absolute atomic E-state index is 0.651. The van der Waals surface area contributed by atoms with Gasteiger partial charge in [0, 0.05) is 17.4 Å². The fraction of sp³-hybridized carbons (Fsp3) is 0.188. The van der Waals surface area contributed by atoms with Crippen LogP contribution in [-0.2, 0) is 13.0 Å². The van der Waals surface area contributed by atoms with Crippen molar-refractivity contribution in [1.82, 2.24) is 0 Å². The number of nitriles is 1. The lowest BCUT2D eigenvalue weighted by Gasteiger charge is -2.10. The molecule has 0 atom stereocenters. The molecule has 0 spiro atoms. The van der Waals surface area contributed by atoms with Crippen LogP contribution in [0, 0.1) is 11.3 Å². The van der Waals surface area contributed by atoms with E-state index in [0.717, 1.165) is 28.9 Å². The van der Waals surface area contributed by atoms with Crippen molar-refractivity contribution in [2.75, 3.05) is 11.9 Å². The van der Waals surface area contributed by atoms with Crippen LogP contribution in [-0.4, -0.2) is 6.61 Å². The van der Waals surface area contributed by atoms with Crippen LogP contribution in [0.4, 0.5) is 5.69 Å². The van der Waals surface area contributed by atoms with Crippen molar-refractivity contribution in [1.29, 1.82) is 5.26 Å². The minimum Gasteiger partial charge on any atom is -0.493 e. The largest absolute Gasteiger partial charge is 0.493 e. The Kier molecular flexibility index (Phi) is 3.62. The number of nitrogens with zero attached hydrogens (tertiary/aromatic N) is 1. The van der Waals surface area contributed by atoms with E-state index >= 15 is 0 Å². The summed E-state index contributed by atoms with van der Waals surface area (Å²) < 4.78 is 6.46. The molecule has 0 aliphatic carbocycles. The summed E-state index contributed by atoms with van der Waals surface area (Å²) in [5.74, 6) is 0.994. The number of fused-ring (bicyclic) bond motifs is 1. The van der Waals surface area contributed by atoms with E-state index < -0.39 is 0 Å². The Labute approximate surface area is 126 Å². The standard InChI is InChI=1S/C16H13BrN2O/c17-14-3-2-13(9-18)15(8-14)19-10-11-1-4-16-12(7-11)5-6-20-16/h1-4,7-8,19H,5-6,10H2. The van der Waals surface area contributed by atoms with Gasteiger partial charge in [-0.15, -0.1) is 0 Å². The average molecular weight is 329 g/mol. The Hall–Kier alpha value is -1.99. The van der Waals surface area contributed by atoms with E-state index in [1.807, 2.05) is 24.3 Å². The fourth-order valence-corrected chi connectivity index (χ4v) is 2.67. The number of hydrogen-bond acceptors (Lipinski definition) is 3. The Morgan fingerprint density at radius 1 is 1.25 bits per heavy atom. The van der Waals surface area contributed by atoms with Crippen LogP contribution in [0.1, 0.15) is 16.7 Å². The predicted molar refractivity (Wildman–Crippen MR) is 81.8 cm³/mol. The molecule has 2 aromatic carbocycles. The van der Waals surface area contributed by atoms with E-state index in [0.29, 0.717) is 12.1 Å². The van der Waals surface area contributed by atoms with Crippen molar-refractivity contribution in [2.24, 2.45) is 0 Å². The van der Waals surface area contributed by atoms with Gasteiger partial charge >= 0.3 is 0 Å². The number of rotatable bonds is 3. The lowest BCUT2D eigenvalue weighted by Crippen LogP contribution is -2.01. The van der Waals surface area contributed by atoms with Gasteiger partial charge in [0.25, 0.3) is 0 Å². The third-order valence-electron chi connectivity index (χ3n) is 3.34. The third kappa shape index (κ3) is 2.63. The van der Waals surface area contributed by atoms with E-state index in [1.54, 1.807) is 0 Å². The highest BCUT2D eigenvalue weighted by Gasteiger charge is 2.12. The van der Waals surface area contributed by atoms with Crippen molar-refractivity contribution in [3.05, 3.63) is 57.6 Å². The van der Waals surface area contributed by atoms with Gasteiger partial charge in [0.2, 0.25) is 0 Å². The molecule has 1 aliphatic heterocycles. The summed E-state index contributed by atoms with van der Waals surface area (Å²) in [7, 11) is 0. The SMILES string of the molecule is N#Cc1ccc(Br)cc1NCc1ccc2c(c1)CCO2. The molecule has 100 valence electrons. The number of benzene rings is 2. The topological polar surface area (TPSA) is 45.0 Å². The molecule has 3 rings (SSSR count). The first-order valence-corrected chi connectivity index (χ1v) is 7.24. The summed E-state index contributed by atoms with van der Waals surface area (Å²) in [5, 5.41) is 12.4. The predicted octanol–water partition coefficient (Wildman–Crippen LogP) is 3.87. The van der Waals surface area contributed by atoms with E-state index in [1.165, 1.54) is 11.1 Å². The molecule has 1 N–H and O–H groups in total. The normalized spacial score (nSPS) is 12.4. The quantitative estimate of drug-likeness (QED) is 0.930. The van der Waals surface area contributed by atoms with Gasteiger partial charge in [0.15, 0.2) is 0 Å². The third-order valence-corrected chi connectivity index (χ3v) is 3.83. The van der Waals surface area contributed by atoms with Crippen LogP contribution >= 0.6 is 15.9 Å². The van der Waals surface area contributed by atoms with Gasteiger partial charge in [-0.25, -0.2) is 0 Å². The second-order valence-corrected chi connectivity index (χ2v) is 5.61. The van der Waals surface area contributed by atoms with Gasteiger partial charge < -0.3 is 10.1 Å². The maximum Gasteiger partial charge on any atom is 0.122 e. The molecule has 0 fully saturated rings. The first-order valence-electron chi connectivity index (χ1n) is 6.44. The highest BCUT2D eigenvalue weighted by Crippen LogP contribution is 2.27. The van der Waals surface area contributed by atoms with Gasteiger partial charge in [0.1, 0.15) is 11.8 Å². The zero-order chi connectivity index (χ0) is 13.9. The maximum absolute atomic E-state index is 9.11. The van der Waals surface area contributed by atoms with E-state index in [4.69, 9.17) is 10.00 Å². The van der Waals surface area contributed by atoms with Crippen molar-refractivity contribution >= 4 is 21.6 Å². The van der Waals surface area contributed by atoms with E-state index in [9.17, 15) is 0 Å². The van der Waals surface area contributed by atoms with E-state index in [-0.39, 0.29) is 0 Å². The Morgan fingerprint density at radius 3 is 3.00 bits per heavy atom. The molecular formula is C16H13BrN2O. The van der Waals surface area contributed by atoms with Gasteiger partial charge in [0.05, 0.1) is 17.9 Å². The first-order chi connectivity index (χ1) is 9.76. The summed E-state index contributed by atoms with van der Waals surface area (Å²) in [6.07, 6.45) is 0.976. The highest BCUT2D eigenvalue weighted by atomic mass is 79.9. The van der Waals surface area contributed by atoms with Gasteiger partial charge in [-0.05, 0) is 35.4 Å². The van der Waals surface area contributed by atoms with Gasteiger partial charge in [-0.3, -0.25) is 0 Å². The molecule has 0 saturated heterocycles. The van der Waals surface area contributed by atoms with Crippen molar-refractivity contribution in [2.45, 2.75) is 13.0 Å². The molecule has 2 aromatic rings. The molecule has 20 heavy (non-hydrogen) atoms. The Bertz CT molecular complexity index is 691. The average Bonchev–Trinajstić information content (AvgIpc) is 2.92. The molecule has 3 nitrogen and oxygen atoms in total. The number of nitrogens with one attached hydrogen (secondary N) is 1. The van der Waals surface area contributed by atoms with Gasteiger partial charge in [-0.2, -0.15) is 5.26 Å².